The number of nitrogens with one attached hydrogen (secondary N) is 1. The number of hydrogen-bond donors (Lipinski definition) is 3. The van der Waals surface area contributed by atoms with Crippen molar-refractivity contribution in [2.75, 3.05) is 0 Å². The van der Waals surface area contributed by atoms with Crippen LogP contribution >= 0.6 is 0 Å². The fourth-order valence-corrected chi connectivity index (χ4v) is 2.31. The summed E-state index contributed by atoms with van der Waals surface area (Å²) >= 11 is 0. The molecule has 1 aromatic rings. The maximum absolute atomic E-state index is 10.9. The van der Waals surface area contributed by atoms with Crippen LogP contribution in [0.3, 0.4) is 0 Å². The summed E-state index contributed by atoms with van der Waals surface area (Å²) in [6.45, 7) is 4.24. The Morgan fingerprint density at radius 2 is 1.80 bits per heavy atom. The molecule has 2 atom stereocenters. The molecule has 110 valence electrons. The fourth-order valence-electron chi connectivity index (χ4n) is 2.31. The van der Waals surface area contributed by atoms with Crippen molar-refractivity contribution in [1.29, 1.82) is 0 Å². The molecule has 1 aromatic carbocycles. The zero-order valence-electron chi connectivity index (χ0n) is 12.0. The number of carboxylic acids is 1. The third-order valence-corrected chi connectivity index (χ3v) is 3.75. The number of aliphatic hydroxyl groups is 1. The van der Waals surface area contributed by atoms with Crippen molar-refractivity contribution < 1.29 is 15.0 Å². The molecule has 1 aliphatic rings. The molecule has 2 unspecified atom stereocenters. The summed E-state index contributed by atoms with van der Waals surface area (Å²) in [4.78, 5) is 10.9. The predicted molar refractivity (Wildman–Crippen MR) is 77.7 cm³/mol. The first-order valence-electron chi connectivity index (χ1n) is 7.23. The van der Waals surface area contributed by atoms with Gasteiger partial charge in [0.1, 0.15) is 0 Å². The number of carboxylic acid groups (broad SMARTS) is 1. The van der Waals surface area contributed by atoms with Gasteiger partial charge in [0, 0.05) is 12.1 Å². The highest BCUT2D eigenvalue weighted by Crippen LogP contribution is 2.26. The first kappa shape index (κ1) is 15.0. The Bertz CT molecular complexity index is 451. The van der Waals surface area contributed by atoms with E-state index in [0.29, 0.717) is 12.0 Å². The highest BCUT2D eigenvalue weighted by atomic mass is 16.4. The molecule has 0 spiro atoms. The SMILES string of the molecule is CC(C)c1ccc(C(O)C(CC(=O)O)NC2CC2)cc1. The van der Waals surface area contributed by atoms with Crippen LogP contribution < -0.4 is 5.32 Å². The second kappa shape index (κ2) is 6.37. The van der Waals surface area contributed by atoms with E-state index in [9.17, 15) is 9.90 Å². The van der Waals surface area contributed by atoms with Gasteiger partial charge in [0.15, 0.2) is 0 Å². The Morgan fingerprint density at radius 3 is 2.25 bits per heavy atom. The van der Waals surface area contributed by atoms with E-state index in [1.165, 1.54) is 5.56 Å². The average molecular weight is 277 g/mol. The minimum atomic E-state index is -0.888. The molecule has 0 saturated heterocycles. The minimum Gasteiger partial charge on any atom is -0.481 e. The highest BCUT2D eigenvalue weighted by Gasteiger charge is 2.30. The predicted octanol–water partition coefficient (Wildman–Crippen LogP) is 2.44. The third kappa shape index (κ3) is 4.05. The third-order valence-electron chi connectivity index (χ3n) is 3.75. The molecule has 4 nitrogen and oxygen atoms in total. The number of carbonyl (C=O) groups is 1. The van der Waals surface area contributed by atoms with Gasteiger partial charge >= 0.3 is 5.97 Å². The maximum atomic E-state index is 10.9. The Balaban J connectivity index is 2.08. The van der Waals surface area contributed by atoms with Crippen LogP contribution in [0, 0.1) is 0 Å². The summed E-state index contributed by atoms with van der Waals surface area (Å²) in [7, 11) is 0. The van der Waals surface area contributed by atoms with Crippen molar-refractivity contribution in [2.24, 2.45) is 0 Å². The van der Waals surface area contributed by atoms with Gasteiger partial charge in [-0.2, -0.15) is 0 Å². The first-order chi connectivity index (χ1) is 9.47. The van der Waals surface area contributed by atoms with Crippen LogP contribution in [0.15, 0.2) is 24.3 Å². The molecular formula is C16H23NO3. The molecule has 0 radical (unpaired) electrons. The van der Waals surface area contributed by atoms with Crippen LogP contribution in [-0.2, 0) is 4.79 Å². The van der Waals surface area contributed by atoms with Gasteiger partial charge in [0.25, 0.3) is 0 Å². The van der Waals surface area contributed by atoms with E-state index >= 15 is 0 Å². The van der Waals surface area contributed by atoms with E-state index in [1.807, 2.05) is 24.3 Å². The highest BCUT2D eigenvalue weighted by molar-refractivity contribution is 5.67. The summed E-state index contributed by atoms with van der Waals surface area (Å²) in [5.41, 5.74) is 1.99. The summed E-state index contributed by atoms with van der Waals surface area (Å²) in [6, 6.07) is 7.72. The van der Waals surface area contributed by atoms with Crippen LogP contribution in [0.1, 0.15) is 56.3 Å². The molecule has 0 aromatic heterocycles. The second-order valence-corrected chi connectivity index (χ2v) is 5.91. The molecular weight excluding hydrogens is 254 g/mol. The van der Waals surface area contributed by atoms with Crippen molar-refractivity contribution in [3.63, 3.8) is 0 Å². The number of hydrogen-bond acceptors (Lipinski definition) is 3. The zero-order chi connectivity index (χ0) is 14.7. The van der Waals surface area contributed by atoms with Gasteiger partial charge in [-0.05, 0) is 29.9 Å². The van der Waals surface area contributed by atoms with Crippen molar-refractivity contribution >= 4 is 5.97 Å². The van der Waals surface area contributed by atoms with Gasteiger partial charge in [-0.25, -0.2) is 0 Å². The summed E-state index contributed by atoms with van der Waals surface area (Å²) in [5, 5.41) is 22.6. The molecule has 1 fully saturated rings. The van der Waals surface area contributed by atoms with Gasteiger partial charge in [-0.1, -0.05) is 38.1 Å². The Morgan fingerprint density at radius 1 is 1.25 bits per heavy atom. The number of aliphatic hydroxyl groups excluding tert-OH is 1. The van der Waals surface area contributed by atoms with Gasteiger partial charge in [-0.15, -0.1) is 0 Å². The van der Waals surface area contributed by atoms with E-state index in [-0.39, 0.29) is 6.42 Å². The molecule has 4 heteroatoms. The average Bonchev–Trinajstić information content (AvgIpc) is 3.20. The molecule has 0 aliphatic heterocycles. The monoisotopic (exact) mass is 277 g/mol. The van der Waals surface area contributed by atoms with Gasteiger partial charge < -0.3 is 15.5 Å². The Labute approximate surface area is 119 Å². The van der Waals surface area contributed by atoms with Crippen molar-refractivity contribution in [2.45, 2.75) is 57.2 Å². The van der Waals surface area contributed by atoms with E-state index in [0.717, 1.165) is 18.4 Å². The van der Waals surface area contributed by atoms with Crippen molar-refractivity contribution in [3.05, 3.63) is 35.4 Å². The molecule has 3 N–H and O–H groups in total. The smallest absolute Gasteiger partial charge is 0.305 e. The normalized spacial score (nSPS) is 18.0. The van der Waals surface area contributed by atoms with Gasteiger partial charge in [0.2, 0.25) is 0 Å². The molecule has 1 saturated carbocycles. The molecule has 20 heavy (non-hydrogen) atoms. The van der Waals surface area contributed by atoms with Crippen LogP contribution in [0.2, 0.25) is 0 Å². The van der Waals surface area contributed by atoms with Crippen LogP contribution in [-0.4, -0.2) is 28.3 Å². The second-order valence-electron chi connectivity index (χ2n) is 5.91. The molecule has 2 rings (SSSR count). The Kier molecular flexibility index (Phi) is 4.78. The van der Waals surface area contributed by atoms with Gasteiger partial charge in [0.05, 0.1) is 12.5 Å². The van der Waals surface area contributed by atoms with E-state index in [2.05, 4.69) is 19.2 Å². The number of aliphatic carboxylic acids is 1. The topological polar surface area (TPSA) is 69.6 Å². The number of rotatable bonds is 7. The molecule has 1 aliphatic carbocycles. The fraction of sp³-hybridized carbons (Fsp3) is 0.562. The lowest BCUT2D eigenvalue weighted by Gasteiger charge is -2.23. The lowest BCUT2D eigenvalue weighted by molar-refractivity contribution is -0.138. The molecule has 0 bridgehead atoms. The summed E-state index contributed by atoms with van der Waals surface area (Å²) < 4.78 is 0. The quantitative estimate of drug-likeness (QED) is 0.716. The summed E-state index contributed by atoms with van der Waals surface area (Å²) in [5.74, 6) is -0.443. The lowest BCUT2D eigenvalue weighted by atomic mass is 9.96. The molecule has 0 heterocycles. The van der Waals surface area contributed by atoms with E-state index in [1.54, 1.807) is 0 Å². The van der Waals surface area contributed by atoms with Gasteiger partial charge in [-0.3, -0.25) is 4.79 Å². The van der Waals surface area contributed by atoms with Crippen LogP contribution in [0.5, 0.6) is 0 Å². The Hall–Kier alpha value is -1.39. The lowest BCUT2D eigenvalue weighted by Crippen LogP contribution is -2.38. The first-order valence-corrected chi connectivity index (χ1v) is 7.23. The van der Waals surface area contributed by atoms with Crippen molar-refractivity contribution in [1.82, 2.24) is 5.32 Å². The van der Waals surface area contributed by atoms with Crippen LogP contribution in [0.25, 0.3) is 0 Å². The maximum Gasteiger partial charge on any atom is 0.305 e. The number of benzene rings is 1. The van der Waals surface area contributed by atoms with E-state index < -0.39 is 18.1 Å². The standard InChI is InChI=1S/C16H23NO3/c1-10(2)11-3-5-12(6-4-11)16(20)14(9-15(18)19)17-13-7-8-13/h3-6,10,13-14,16-17,20H,7-9H2,1-2H3,(H,18,19). The zero-order valence-corrected chi connectivity index (χ0v) is 12.0. The largest absolute Gasteiger partial charge is 0.481 e. The minimum absolute atomic E-state index is 0.0659. The van der Waals surface area contributed by atoms with Crippen LogP contribution in [0.4, 0.5) is 0 Å². The van der Waals surface area contributed by atoms with E-state index in [4.69, 9.17) is 5.11 Å². The molecule has 0 amide bonds. The summed E-state index contributed by atoms with van der Waals surface area (Å²) in [6.07, 6.45) is 1.28. The van der Waals surface area contributed by atoms with Crippen molar-refractivity contribution in [3.8, 4) is 0 Å².